The van der Waals surface area contributed by atoms with E-state index in [9.17, 15) is 13.9 Å². The number of aromatic nitrogens is 2. The van der Waals surface area contributed by atoms with Gasteiger partial charge in [0, 0.05) is 18.7 Å². The van der Waals surface area contributed by atoms with E-state index in [1.165, 1.54) is 17.9 Å². The topological polar surface area (TPSA) is 47.3 Å². The van der Waals surface area contributed by atoms with Gasteiger partial charge in [-0.2, -0.15) is 5.10 Å². The van der Waals surface area contributed by atoms with Crippen molar-refractivity contribution in [3.8, 4) is 5.88 Å². The second-order valence-corrected chi connectivity index (χ2v) is 4.20. The van der Waals surface area contributed by atoms with E-state index in [-0.39, 0.29) is 5.56 Å². The fraction of sp³-hybridized carbons (Fsp3) is 0.308. The highest BCUT2D eigenvalue weighted by molar-refractivity contribution is 5.40. The van der Waals surface area contributed by atoms with Crippen LogP contribution in [0.3, 0.4) is 0 Å². The molecule has 1 aromatic carbocycles. The number of halogens is 2. The normalized spacial score (nSPS) is 12.5. The van der Waals surface area contributed by atoms with Crippen molar-refractivity contribution in [2.45, 2.75) is 13.0 Å². The SMILES string of the molecule is COc1c(C(O)c2ccc(F)cc2F)c(C)nn1C. The number of hydrogen-bond acceptors (Lipinski definition) is 3. The minimum absolute atomic E-state index is 0.0178. The largest absolute Gasteiger partial charge is 0.481 e. The average Bonchev–Trinajstić information content (AvgIpc) is 2.62. The molecule has 0 aliphatic heterocycles. The highest BCUT2D eigenvalue weighted by Gasteiger charge is 2.25. The summed E-state index contributed by atoms with van der Waals surface area (Å²) >= 11 is 0. The van der Waals surface area contributed by atoms with Gasteiger partial charge in [-0.3, -0.25) is 0 Å². The van der Waals surface area contributed by atoms with Crippen molar-refractivity contribution in [3.63, 3.8) is 0 Å². The molecule has 0 radical (unpaired) electrons. The summed E-state index contributed by atoms with van der Waals surface area (Å²) in [4.78, 5) is 0. The Balaban J connectivity index is 2.52. The van der Waals surface area contributed by atoms with E-state index < -0.39 is 17.7 Å². The zero-order valence-electron chi connectivity index (χ0n) is 10.8. The van der Waals surface area contributed by atoms with Gasteiger partial charge in [0.25, 0.3) is 0 Å². The second kappa shape index (κ2) is 4.97. The minimum atomic E-state index is -1.26. The van der Waals surface area contributed by atoms with Crippen LogP contribution in [0.5, 0.6) is 5.88 Å². The van der Waals surface area contributed by atoms with Crippen molar-refractivity contribution >= 4 is 0 Å². The Morgan fingerprint density at radius 1 is 1.37 bits per heavy atom. The third kappa shape index (κ3) is 2.31. The molecule has 0 aliphatic rings. The molecule has 2 rings (SSSR count). The van der Waals surface area contributed by atoms with Gasteiger partial charge >= 0.3 is 0 Å². The summed E-state index contributed by atoms with van der Waals surface area (Å²) in [5, 5.41) is 14.4. The maximum Gasteiger partial charge on any atom is 0.217 e. The minimum Gasteiger partial charge on any atom is -0.481 e. The molecule has 1 unspecified atom stereocenters. The van der Waals surface area contributed by atoms with E-state index in [0.29, 0.717) is 17.1 Å². The van der Waals surface area contributed by atoms with Crippen molar-refractivity contribution in [1.29, 1.82) is 0 Å². The quantitative estimate of drug-likeness (QED) is 0.927. The Bertz CT molecular complexity index is 611. The van der Waals surface area contributed by atoms with Crippen LogP contribution in [0.1, 0.15) is 22.9 Å². The van der Waals surface area contributed by atoms with E-state index in [2.05, 4.69) is 5.10 Å². The lowest BCUT2D eigenvalue weighted by Crippen LogP contribution is -2.06. The molecule has 0 spiro atoms. The van der Waals surface area contributed by atoms with Gasteiger partial charge in [-0.15, -0.1) is 0 Å². The molecule has 19 heavy (non-hydrogen) atoms. The van der Waals surface area contributed by atoms with Crippen LogP contribution in [-0.2, 0) is 7.05 Å². The second-order valence-electron chi connectivity index (χ2n) is 4.20. The van der Waals surface area contributed by atoms with Crippen LogP contribution in [0.4, 0.5) is 8.78 Å². The maximum atomic E-state index is 13.7. The molecule has 4 nitrogen and oxygen atoms in total. The number of benzene rings is 1. The van der Waals surface area contributed by atoms with Crippen LogP contribution < -0.4 is 4.74 Å². The van der Waals surface area contributed by atoms with Gasteiger partial charge in [-0.05, 0) is 13.0 Å². The van der Waals surface area contributed by atoms with E-state index in [1.54, 1.807) is 14.0 Å². The number of rotatable bonds is 3. The van der Waals surface area contributed by atoms with Gasteiger partial charge in [-0.25, -0.2) is 13.5 Å². The summed E-state index contributed by atoms with van der Waals surface area (Å²) in [6.07, 6.45) is -1.26. The summed E-state index contributed by atoms with van der Waals surface area (Å²) in [6, 6.07) is 3.04. The van der Waals surface area contributed by atoms with E-state index in [1.807, 2.05) is 0 Å². The first-order valence-electron chi connectivity index (χ1n) is 5.66. The van der Waals surface area contributed by atoms with Crippen LogP contribution in [0.25, 0.3) is 0 Å². The van der Waals surface area contributed by atoms with Crippen LogP contribution >= 0.6 is 0 Å². The summed E-state index contributed by atoms with van der Waals surface area (Å²) in [5.74, 6) is -1.16. The molecule has 0 bridgehead atoms. The number of methoxy groups -OCH3 is 1. The zero-order valence-corrected chi connectivity index (χ0v) is 10.8. The molecule has 0 fully saturated rings. The Morgan fingerprint density at radius 2 is 2.05 bits per heavy atom. The molecule has 2 aromatic rings. The van der Waals surface area contributed by atoms with Crippen molar-refractivity contribution < 1.29 is 18.6 Å². The number of hydrogen-bond donors (Lipinski definition) is 1. The maximum absolute atomic E-state index is 13.7. The number of ether oxygens (including phenoxy) is 1. The van der Waals surface area contributed by atoms with Crippen LogP contribution in [0.15, 0.2) is 18.2 Å². The molecule has 1 atom stereocenters. The molecule has 0 amide bonds. The smallest absolute Gasteiger partial charge is 0.217 e. The predicted octanol–water partition coefficient (Wildman–Crippen LogP) is 2.10. The van der Waals surface area contributed by atoms with Gasteiger partial charge in [0.05, 0.1) is 18.4 Å². The molecular formula is C13H14F2N2O2. The molecular weight excluding hydrogens is 254 g/mol. The van der Waals surface area contributed by atoms with Crippen molar-refractivity contribution in [3.05, 3.63) is 46.7 Å². The lowest BCUT2D eigenvalue weighted by molar-refractivity contribution is 0.207. The molecule has 0 aliphatic carbocycles. The van der Waals surface area contributed by atoms with Gasteiger partial charge in [0.2, 0.25) is 5.88 Å². The number of nitrogens with zero attached hydrogens (tertiary/aromatic N) is 2. The highest BCUT2D eigenvalue weighted by atomic mass is 19.1. The summed E-state index contributed by atoms with van der Waals surface area (Å²) < 4.78 is 33.2. The summed E-state index contributed by atoms with van der Waals surface area (Å²) in [5.41, 5.74) is 0.877. The Morgan fingerprint density at radius 3 is 2.63 bits per heavy atom. The predicted molar refractivity (Wildman–Crippen MR) is 64.9 cm³/mol. The van der Waals surface area contributed by atoms with E-state index in [4.69, 9.17) is 4.74 Å². The Labute approximate surface area is 109 Å². The van der Waals surface area contributed by atoms with Crippen molar-refractivity contribution in [2.24, 2.45) is 7.05 Å². The fourth-order valence-electron chi connectivity index (χ4n) is 2.09. The highest BCUT2D eigenvalue weighted by Crippen LogP contribution is 2.33. The Hall–Kier alpha value is -1.95. The number of aliphatic hydroxyl groups is 1. The molecule has 1 heterocycles. The monoisotopic (exact) mass is 268 g/mol. The number of aryl methyl sites for hydroxylation is 2. The summed E-state index contributed by atoms with van der Waals surface area (Å²) in [7, 11) is 3.09. The zero-order chi connectivity index (χ0) is 14.2. The lowest BCUT2D eigenvalue weighted by atomic mass is 10.0. The van der Waals surface area contributed by atoms with Gasteiger partial charge in [0.15, 0.2) is 0 Å². The van der Waals surface area contributed by atoms with Crippen LogP contribution in [-0.4, -0.2) is 22.0 Å². The molecule has 102 valence electrons. The van der Waals surface area contributed by atoms with Crippen LogP contribution in [0.2, 0.25) is 0 Å². The standard InChI is InChI=1S/C13H14F2N2O2/c1-7-11(13(19-3)17(2)16-7)12(18)9-5-4-8(14)6-10(9)15/h4-6,12,18H,1-3H3. The average molecular weight is 268 g/mol. The Kier molecular flexibility index (Phi) is 3.53. The number of aliphatic hydroxyl groups excluding tert-OH is 1. The van der Waals surface area contributed by atoms with E-state index in [0.717, 1.165) is 12.1 Å². The first-order valence-corrected chi connectivity index (χ1v) is 5.66. The van der Waals surface area contributed by atoms with E-state index >= 15 is 0 Å². The van der Waals surface area contributed by atoms with Gasteiger partial charge in [-0.1, -0.05) is 6.07 Å². The van der Waals surface area contributed by atoms with Crippen LogP contribution in [0, 0.1) is 18.6 Å². The molecule has 1 aromatic heterocycles. The van der Waals surface area contributed by atoms with Crippen molar-refractivity contribution in [2.75, 3.05) is 7.11 Å². The lowest BCUT2D eigenvalue weighted by Gasteiger charge is -2.13. The van der Waals surface area contributed by atoms with Gasteiger partial charge in [0.1, 0.15) is 17.7 Å². The molecule has 0 saturated carbocycles. The third-order valence-corrected chi connectivity index (χ3v) is 2.94. The first kappa shape index (κ1) is 13.5. The van der Waals surface area contributed by atoms with Crippen molar-refractivity contribution in [1.82, 2.24) is 9.78 Å². The third-order valence-electron chi connectivity index (χ3n) is 2.94. The fourth-order valence-corrected chi connectivity index (χ4v) is 2.09. The summed E-state index contributed by atoms with van der Waals surface area (Å²) in [6.45, 7) is 1.68. The van der Waals surface area contributed by atoms with Gasteiger partial charge < -0.3 is 9.84 Å². The molecule has 1 N–H and O–H groups in total. The molecule has 6 heteroatoms. The molecule has 0 saturated heterocycles. The first-order chi connectivity index (χ1) is 8.95.